The maximum Gasteiger partial charge on any atom is 0.219 e. The molecular weight excluding hydrogens is 224 g/mol. The molecule has 0 aromatic heterocycles. The lowest BCUT2D eigenvalue weighted by atomic mass is 9.90. The lowest BCUT2D eigenvalue weighted by Gasteiger charge is -2.36. The standard InChI is InChI=1S/C12H22N2O.ClH/c1-9(11-5-7-13-8-6-11)14(10(2)15)12-3-4-12;/h9,11-13H,3-8H2,1-2H3;1H. The predicted octanol–water partition coefficient (Wildman–Crippen LogP) is 1.81. The first-order valence-electron chi connectivity index (χ1n) is 6.19. The van der Waals surface area contributed by atoms with Crippen molar-refractivity contribution < 1.29 is 4.79 Å². The summed E-state index contributed by atoms with van der Waals surface area (Å²) in [4.78, 5) is 13.8. The van der Waals surface area contributed by atoms with Gasteiger partial charge in [-0.2, -0.15) is 0 Å². The number of nitrogens with one attached hydrogen (secondary N) is 1. The molecule has 1 amide bonds. The molecule has 1 N–H and O–H groups in total. The van der Waals surface area contributed by atoms with E-state index in [1.165, 1.54) is 25.7 Å². The molecule has 1 atom stereocenters. The molecule has 2 fully saturated rings. The maximum atomic E-state index is 11.6. The first-order chi connectivity index (χ1) is 7.20. The Labute approximate surface area is 104 Å². The number of rotatable bonds is 3. The zero-order valence-electron chi connectivity index (χ0n) is 10.2. The van der Waals surface area contributed by atoms with Gasteiger partial charge in [-0.15, -0.1) is 12.4 Å². The van der Waals surface area contributed by atoms with Crippen molar-refractivity contribution in [1.29, 1.82) is 0 Å². The lowest BCUT2D eigenvalue weighted by Crippen LogP contribution is -2.46. The molecule has 0 radical (unpaired) electrons. The van der Waals surface area contributed by atoms with Crippen LogP contribution in [0.4, 0.5) is 0 Å². The summed E-state index contributed by atoms with van der Waals surface area (Å²) in [6, 6.07) is 1.00. The van der Waals surface area contributed by atoms with Gasteiger partial charge in [0, 0.05) is 19.0 Å². The summed E-state index contributed by atoms with van der Waals surface area (Å²) in [5.74, 6) is 0.972. The number of piperidine rings is 1. The van der Waals surface area contributed by atoms with Crippen LogP contribution in [-0.2, 0) is 4.79 Å². The highest BCUT2D eigenvalue weighted by Crippen LogP contribution is 2.32. The first-order valence-corrected chi connectivity index (χ1v) is 6.19. The zero-order chi connectivity index (χ0) is 10.8. The normalized spacial score (nSPS) is 23.4. The van der Waals surface area contributed by atoms with Crippen LogP contribution in [0.15, 0.2) is 0 Å². The molecule has 4 heteroatoms. The highest BCUT2D eigenvalue weighted by molar-refractivity contribution is 5.85. The van der Waals surface area contributed by atoms with Gasteiger partial charge in [0.2, 0.25) is 5.91 Å². The number of halogens is 1. The van der Waals surface area contributed by atoms with E-state index in [2.05, 4.69) is 17.1 Å². The van der Waals surface area contributed by atoms with Crippen molar-refractivity contribution in [3.63, 3.8) is 0 Å². The highest BCUT2D eigenvalue weighted by Gasteiger charge is 2.36. The average Bonchev–Trinajstić information content (AvgIpc) is 3.03. The van der Waals surface area contributed by atoms with E-state index < -0.39 is 0 Å². The summed E-state index contributed by atoms with van der Waals surface area (Å²) < 4.78 is 0. The largest absolute Gasteiger partial charge is 0.337 e. The molecule has 2 aliphatic rings. The number of nitrogens with zero attached hydrogens (tertiary/aromatic N) is 1. The van der Waals surface area contributed by atoms with Crippen molar-refractivity contribution in [2.24, 2.45) is 5.92 Å². The van der Waals surface area contributed by atoms with Crippen molar-refractivity contribution in [3.05, 3.63) is 0 Å². The molecule has 94 valence electrons. The number of carbonyl (C=O) groups excluding carboxylic acids is 1. The molecule has 2 rings (SSSR count). The Balaban J connectivity index is 0.00000128. The molecule has 1 saturated carbocycles. The molecule has 0 aromatic carbocycles. The van der Waals surface area contributed by atoms with Gasteiger partial charge in [0.15, 0.2) is 0 Å². The van der Waals surface area contributed by atoms with Crippen LogP contribution in [0.3, 0.4) is 0 Å². The van der Waals surface area contributed by atoms with Gasteiger partial charge in [-0.1, -0.05) is 0 Å². The predicted molar refractivity (Wildman–Crippen MR) is 67.8 cm³/mol. The number of hydrogen-bond donors (Lipinski definition) is 1. The molecule has 1 unspecified atom stereocenters. The second-order valence-electron chi connectivity index (χ2n) is 4.99. The van der Waals surface area contributed by atoms with E-state index in [0.717, 1.165) is 13.1 Å². The van der Waals surface area contributed by atoms with Crippen LogP contribution in [0.1, 0.15) is 39.5 Å². The molecule has 0 spiro atoms. The molecule has 1 heterocycles. The fourth-order valence-electron chi connectivity index (χ4n) is 2.78. The number of hydrogen-bond acceptors (Lipinski definition) is 2. The third kappa shape index (κ3) is 3.11. The van der Waals surface area contributed by atoms with Gasteiger partial charge in [-0.3, -0.25) is 4.79 Å². The second-order valence-corrected chi connectivity index (χ2v) is 4.99. The quantitative estimate of drug-likeness (QED) is 0.824. The van der Waals surface area contributed by atoms with Gasteiger partial charge in [0.05, 0.1) is 0 Å². The van der Waals surface area contributed by atoms with E-state index in [-0.39, 0.29) is 18.3 Å². The fourth-order valence-corrected chi connectivity index (χ4v) is 2.78. The smallest absolute Gasteiger partial charge is 0.219 e. The molecule has 0 aromatic rings. The van der Waals surface area contributed by atoms with Gasteiger partial charge in [0.25, 0.3) is 0 Å². The minimum absolute atomic E-state index is 0. The number of amides is 1. The fraction of sp³-hybridized carbons (Fsp3) is 0.917. The maximum absolute atomic E-state index is 11.6. The Morgan fingerprint density at radius 3 is 2.25 bits per heavy atom. The highest BCUT2D eigenvalue weighted by atomic mass is 35.5. The van der Waals surface area contributed by atoms with Gasteiger partial charge >= 0.3 is 0 Å². The van der Waals surface area contributed by atoms with Crippen LogP contribution in [0.2, 0.25) is 0 Å². The Bertz CT molecular complexity index is 237. The minimum atomic E-state index is 0. The van der Waals surface area contributed by atoms with Gasteiger partial charge in [-0.25, -0.2) is 0 Å². The molecule has 16 heavy (non-hydrogen) atoms. The summed E-state index contributed by atoms with van der Waals surface area (Å²) in [5, 5.41) is 3.38. The van der Waals surface area contributed by atoms with Crippen LogP contribution >= 0.6 is 12.4 Å². The lowest BCUT2D eigenvalue weighted by molar-refractivity contribution is -0.132. The van der Waals surface area contributed by atoms with E-state index in [4.69, 9.17) is 0 Å². The van der Waals surface area contributed by atoms with Crippen LogP contribution in [0.5, 0.6) is 0 Å². The van der Waals surface area contributed by atoms with Crippen LogP contribution in [0, 0.1) is 5.92 Å². The van der Waals surface area contributed by atoms with Crippen LogP contribution < -0.4 is 5.32 Å². The summed E-state index contributed by atoms with van der Waals surface area (Å²) in [6.45, 7) is 6.18. The summed E-state index contributed by atoms with van der Waals surface area (Å²) >= 11 is 0. The van der Waals surface area contributed by atoms with Gasteiger partial charge in [0.1, 0.15) is 0 Å². The Morgan fingerprint density at radius 2 is 1.81 bits per heavy atom. The first kappa shape index (κ1) is 13.8. The summed E-state index contributed by atoms with van der Waals surface area (Å²) in [7, 11) is 0. The average molecular weight is 247 g/mol. The Hall–Kier alpha value is -0.280. The second kappa shape index (κ2) is 5.87. The topological polar surface area (TPSA) is 32.3 Å². The minimum Gasteiger partial charge on any atom is -0.337 e. The van der Waals surface area contributed by atoms with E-state index in [0.29, 0.717) is 18.0 Å². The van der Waals surface area contributed by atoms with E-state index in [1.54, 1.807) is 6.92 Å². The molecule has 3 nitrogen and oxygen atoms in total. The number of carbonyl (C=O) groups is 1. The van der Waals surface area contributed by atoms with Gasteiger partial charge in [-0.05, 0) is 51.6 Å². The molecule has 1 aliphatic heterocycles. The van der Waals surface area contributed by atoms with Crippen molar-refractivity contribution >= 4 is 18.3 Å². The van der Waals surface area contributed by atoms with Crippen molar-refractivity contribution in [1.82, 2.24) is 10.2 Å². The Morgan fingerprint density at radius 1 is 1.25 bits per heavy atom. The van der Waals surface area contributed by atoms with Gasteiger partial charge < -0.3 is 10.2 Å². The summed E-state index contributed by atoms with van der Waals surface area (Å²) in [5.41, 5.74) is 0. The van der Waals surface area contributed by atoms with E-state index >= 15 is 0 Å². The molecule has 1 saturated heterocycles. The molecule has 0 bridgehead atoms. The van der Waals surface area contributed by atoms with Crippen molar-refractivity contribution in [2.75, 3.05) is 13.1 Å². The third-order valence-electron chi connectivity index (χ3n) is 3.81. The van der Waals surface area contributed by atoms with Crippen molar-refractivity contribution in [3.8, 4) is 0 Å². The van der Waals surface area contributed by atoms with Crippen molar-refractivity contribution in [2.45, 2.75) is 51.6 Å². The van der Waals surface area contributed by atoms with E-state index in [9.17, 15) is 4.79 Å². The summed E-state index contributed by atoms with van der Waals surface area (Å²) in [6.07, 6.45) is 4.87. The zero-order valence-corrected chi connectivity index (χ0v) is 11.1. The SMILES string of the molecule is CC(=O)N(C1CC1)C(C)C1CCNCC1.Cl. The van der Waals surface area contributed by atoms with E-state index in [1.807, 2.05) is 0 Å². The van der Waals surface area contributed by atoms with Crippen LogP contribution in [0.25, 0.3) is 0 Å². The van der Waals surface area contributed by atoms with Crippen LogP contribution in [-0.4, -0.2) is 36.0 Å². The third-order valence-corrected chi connectivity index (χ3v) is 3.81. The molecular formula is C12H23ClN2O. The molecule has 1 aliphatic carbocycles. The monoisotopic (exact) mass is 246 g/mol. The Kier molecular flexibility index (Phi) is 5.06.